The van der Waals surface area contributed by atoms with Crippen LogP contribution in [0.1, 0.15) is 26.7 Å². The van der Waals surface area contributed by atoms with E-state index in [0.717, 1.165) is 7.11 Å². The summed E-state index contributed by atoms with van der Waals surface area (Å²) in [7, 11) is 1.08. The molecule has 1 rings (SSSR count). The van der Waals surface area contributed by atoms with Crippen LogP contribution in [0, 0.1) is 0 Å². The summed E-state index contributed by atoms with van der Waals surface area (Å²) in [6.07, 6.45) is -1.31. The lowest BCUT2D eigenvalue weighted by Crippen LogP contribution is -2.55. The van der Waals surface area contributed by atoms with E-state index in [1.54, 1.807) is 0 Å². The molecule has 0 spiro atoms. The summed E-state index contributed by atoms with van der Waals surface area (Å²) in [5, 5.41) is 18.4. The van der Waals surface area contributed by atoms with E-state index in [1.807, 2.05) is 0 Å². The van der Waals surface area contributed by atoms with Gasteiger partial charge in [0.1, 0.15) is 6.10 Å². The molecule has 8 heteroatoms. The number of aliphatic carboxylic acids is 2. The Morgan fingerprint density at radius 1 is 1.21 bits per heavy atom. The molecule has 2 unspecified atom stereocenters. The monoisotopic (exact) mass is 276 g/mol. The van der Waals surface area contributed by atoms with Gasteiger partial charge in [-0.2, -0.15) is 0 Å². The second-order valence-electron chi connectivity index (χ2n) is 4.06. The molecular formula is C11H16O8. The highest BCUT2D eigenvalue weighted by molar-refractivity contribution is 6.03. The molecule has 108 valence electrons. The van der Waals surface area contributed by atoms with E-state index in [4.69, 9.17) is 9.47 Å². The average molecular weight is 276 g/mol. The first-order valence-electron chi connectivity index (χ1n) is 5.73. The van der Waals surface area contributed by atoms with Crippen LogP contribution in [0.4, 0.5) is 0 Å². The highest BCUT2D eigenvalue weighted by atomic mass is 16.8. The topological polar surface area (TPSA) is 119 Å². The molecule has 8 nitrogen and oxygen atoms in total. The zero-order valence-corrected chi connectivity index (χ0v) is 10.8. The first-order chi connectivity index (χ1) is 8.80. The lowest BCUT2D eigenvalue weighted by atomic mass is 9.95. The summed E-state index contributed by atoms with van der Waals surface area (Å²) in [5.74, 6) is -6.40. The standard InChI is InChI=1S/C11H16O8/c1-4-6-11(7(12)13,8(14)15)19-10(5-2,18-6)9(16)17-3/h6H,4-5H2,1-3H3,(H,12,13)(H,14,15). The smallest absolute Gasteiger partial charge is 0.366 e. The minimum Gasteiger partial charge on any atom is -0.479 e. The van der Waals surface area contributed by atoms with Gasteiger partial charge < -0.3 is 24.4 Å². The van der Waals surface area contributed by atoms with E-state index in [1.165, 1.54) is 13.8 Å². The molecule has 0 saturated carbocycles. The van der Waals surface area contributed by atoms with Crippen LogP contribution in [0.2, 0.25) is 0 Å². The van der Waals surface area contributed by atoms with Crippen LogP contribution in [0.5, 0.6) is 0 Å². The van der Waals surface area contributed by atoms with E-state index in [2.05, 4.69) is 4.74 Å². The second-order valence-corrected chi connectivity index (χ2v) is 4.06. The minimum absolute atomic E-state index is 0.0529. The van der Waals surface area contributed by atoms with Crippen molar-refractivity contribution >= 4 is 17.9 Å². The van der Waals surface area contributed by atoms with Crippen LogP contribution in [0.15, 0.2) is 0 Å². The highest BCUT2D eigenvalue weighted by Gasteiger charge is 2.68. The van der Waals surface area contributed by atoms with Gasteiger partial charge in [-0.15, -0.1) is 0 Å². The van der Waals surface area contributed by atoms with E-state index < -0.39 is 35.4 Å². The molecule has 0 amide bonds. The number of carboxylic acid groups (broad SMARTS) is 2. The predicted molar refractivity (Wildman–Crippen MR) is 59.3 cm³/mol. The average Bonchev–Trinajstić information content (AvgIpc) is 2.75. The van der Waals surface area contributed by atoms with Crippen molar-refractivity contribution in [1.29, 1.82) is 0 Å². The zero-order chi connectivity index (χ0) is 14.8. The van der Waals surface area contributed by atoms with E-state index in [-0.39, 0.29) is 12.8 Å². The molecule has 2 atom stereocenters. The molecule has 19 heavy (non-hydrogen) atoms. The van der Waals surface area contributed by atoms with Gasteiger partial charge in [-0.1, -0.05) is 13.8 Å². The van der Waals surface area contributed by atoms with E-state index >= 15 is 0 Å². The summed E-state index contributed by atoms with van der Waals surface area (Å²) < 4.78 is 14.8. The van der Waals surface area contributed by atoms with Crippen molar-refractivity contribution in [3.63, 3.8) is 0 Å². The highest BCUT2D eigenvalue weighted by Crippen LogP contribution is 2.41. The SMILES string of the molecule is CCC1OC(CC)(C(=O)OC)OC1(C(=O)O)C(=O)O. The maximum absolute atomic E-state index is 11.7. The Morgan fingerprint density at radius 2 is 1.74 bits per heavy atom. The third-order valence-corrected chi connectivity index (χ3v) is 3.08. The van der Waals surface area contributed by atoms with Gasteiger partial charge in [-0.3, -0.25) is 0 Å². The zero-order valence-electron chi connectivity index (χ0n) is 10.8. The van der Waals surface area contributed by atoms with Crippen molar-refractivity contribution < 1.29 is 38.8 Å². The molecule has 0 radical (unpaired) electrons. The van der Waals surface area contributed by atoms with Crippen molar-refractivity contribution in [1.82, 2.24) is 0 Å². The lowest BCUT2D eigenvalue weighted by molar-refractivity contribution is -0.223. The van der Waals surface area contributed by atoms with Crippen molar-refractivity contribution in [3.8, 4) is 0 Å². The van der Waals surface area contributed by atoms with Crippen molar-refractivity contribution in [2.45, 2.75) is 44.2 Å². The number of carboxylic acids is 2. The summed E-state index contributed by atoms with van der Waals surface area (Å²) in [4.78, 5) is 34.3. The van der Waals surface area contributed by atoms with Crippen LogP contribution in [0.25, 0.3) is 0 Å². The number of rotatable bonds is 5. The van der Waals surface area contributed by atoms with E-state index in [0.29, 0.717) is 0 Å². The van der Waals surface area contributed by atoms with Gasteiger partial charge in [-0.05, 0) is 6.42 Å². The fourth-order valence-electron chi connectivity index (χ4n) is 2.03. The van der Waals surface area contributed by atoms with Crippen molar-refractivity contribution in [3.05, 3.63) is 0 Å². The quantitative estimate of drug-likeness (QED) is 0.532. The van der Waals surface area contributed by atoms with Gasteiger partial charge in [0.15, 0.2) is 0 Å². The number of methoxy groups -OCH3 is 1. The predicted octanol–water partition coefficient (Wildman–Crippen LogP) is -0.000900. The van der Waals surface area contributed by atoms with Crippen LogP contribution in [-0.4, -0.2) is 52.7 Å². The summed E-state index contributed by atoms with van der Waals surface area (Å²) >= 11 is 0. The third-order valence-electron chi connectivity index (χ3n) is 3.08. The first kappa shape index (κ1) is 15.4. The Morgan fingerprint density at radius 3 is 2.00 bits per heavy atom. The molecule has 1 aliphatic heterocycles. The molecule has 0 aromatic rings. The first-order valence-corrected chi connectivity index (χ1v) is 5.73. The Balaban J connectivity index is 3.32. The Hall–Kier alpha value is -1.67. The normalized spacial score (nSPS) is 28.9. The van der Waals surface area contributed by atoms with Gasteiger partial charge >= 0.3 is 17.9 Å². The number of carbonyl (C=O) groups excluding carboxylic acids is 1. The molecule has 1 heterocycles. The maximum Gasteiger partial charge on any atom is 0.366 e. The molecule has 1 aliphatic rings. The molecular weight excluding hydrogens is 260 g/mol. The van der Waals surface area contributed by atoms with E-state index in [9.17, 15) is 24.6 Å². The maximum atomic E-state index is 11.7. The Labute approximate surface area is 109 Å². The summed E-state index contributed by atoms with van der Waals surface area (Å²) in [6, 6.07) is 0. The van der Waals surface area contributed by atoms with Crippen molar-refractivity contribution in [2.75, 3.05) is 7.11 Å². The van der Waals surface area contributed by atoms with Gasteiger partial charge in [-0.25, -0.2) is 14.4 Å². The molecule has 0 bridgehead atoms. The summed E-state index contributed by atoms with van der Waals surface area (Å²) in [5.41, 5.74) is -2.61. The third kappa shape index (κ3) is 2.06. The number of hydrogen-bond donors (Lipinski definition) is 2. The number of carbonyl (C=O) groups is 3. The van der Waals surface area contributed by atoms with Gasteiger partial charge in [0, 0.05) is 6.42 Å². The number of esters is 1. The minimum atomic E-state index is -2.61. The van der Waals surface area contributed by atoms with Crippen molar-refractivity contribution in [2.24, 2.45) is 0 Å². The van der Waals surface area contributed by atoms with Gasteiger partial charge in [0.2, 0.25) is 0 Å². The van der Waals surface area contributed by atoms with Crippen LogP contribution in [0.3, 0.4) is 0 Å². The molecule has 0 aliphatic carbocycles. The van der Waals surface area contributed by atoms with Crippen LogP contribution in [-0.2, 0) is 28.6 Å². The molecule has 0 aromatic carbocycles. The molecule has 1 saturated heterocycles. The number of ether oxygens (including phenoxy) is 3. The fourth-order valence-corrected chi connectivity index (χ4v) is 2.03. The molecule has 0 aromatic heterocycles. The summed E-state index contributed by atoms with van der Waals surface area (Å²) in [6.45, 7) is 3.04. The second kappa shape index (κ2) is 5.14. The number of hydrogen-bond acceptors (Lipinski definition) is 6. The van der Waals surface area contributed by atoms with Gasteiger partial charge in [0.05, 0.1) is 7.11 Å². The molecule has 1 fully saturated rings. The Kier molecular flexibility index (Phi) is 4.16. The van der Waals surface area contributed by atoms with Crippen LogP contribution >= 0.6 is 0 Å². The largest absolute Gasteiger partial charge is 0.479 e. The molecule has 2 N–H and O–H groups in total. The van der Waals surface area contributed by atoms with Gasteiger partial charge in [0.25, 0.3) is 11.4 Å². The lowest BCUT2D eigenvalue weighted by Gasteiger charge is -2.25. The fraction of sp³-hybridized carbons (Fsp3) is 0.727. The Bertz CT molecular complexity index is 389. The van der Waals surface area contributed by atoms with Crippen LogP contribution < -0.4 is 0 Å².